The summed E-state index contributed by atoms with van der Waals surface area (Å²) in [5.41, 5.74) is 5.52. The highest BCUT2D eigenvalue weighted by Crippen LogP contribution is 2.16. The number of amides is 1. The minimum absolute atomic E-state index is 0.171. The van der Waals surface area contributed by atoms with E-state index < -0.39 is 12.0 Å². The Bertz CT molecular complexity index is 428. The van der Waals surface area contributed by atoms with Gasteiger partial charge in [-0.25, -0.2) is 0 Å². The molecule has 0 spiro atoms. The minimum Gasteiger partial charge on any atom is -0.491 e. The Kier molecular flexibility index (Phi) is 5.88. The van der Waals surface area contributed by atoms with Crippen molar-refractivity contribution in [3.8, 4) is 5.75 Å². The van der Waals surface area contributed by atoms with E-state index >= 15 is 0 Å². The van der Waals surface area contributed by atoms with Gasteiger partial charge in [0.2, 0.25) is 5.91 Å². The molecule has 1 atom stereocenters. The standard InChI is InChI=1S/C13H16BrNO3/c1-9(13(15)17)2-5-11(16)8-18-12-6-3-10(14)4-7-12/h2-4,6-7,11,16H,5,8H2,1H3,(H2,15,17). The lowest BCUT2D eigenvalue weighted by Crippen LogP contribution is -2.18. The largest absolute Gasteiger partial charge is 0.491 e. The first-order valence-corrected chi connectivity index (χ1v) is 6.31. The molecule has 3 N–H and O–H groups in total. The van der Waals surface area contributed by atoms with E-state index in [9.17, 15) is 9.90 Å². The molecule has 1 aromatic rings. The molecule has 0 aromatic heterocycles. The van der Waals surface area contributed by atoms with Crippen LogP contribution in [0.2, 0.25) is 0 Å². The number of primary amides is 1. The van der Waals surface area contributed by atoms with Crippen LogP contribution in [0.1, 0.15) is 13.3 Å². The van der Waals surface area contributed by atoms with Gasteiger partial charge in [-0.15, -0.1) is 0 Å². The van der Waals surface area contributed by atoms with Gasteiger partial charge in [-0.3, -0.25) is 4.79 Å². The molecule has 0 aliphatic heterocycles. The smallest absolute Gasteiger partial charge is 0.244 e. The van der Waals surface area contributed by atoms with E-state index in [0.717, 1.165) is 4.47 Å². The minimum atomic E-state index is -0.664. The zero-order chi connectivity index (χ0) is 13.5. The van der Waals surface area contributed by atoms with Crippen LogP contribution in [-0.2, 0) is 4.79 Å². The van der Waals surface area contributed by atoms with Crippen molar-refractivity contribution in [1.29, 1.82) is 0 Å². The summed E-state index contributed by atoms with van der Waals surface area (Å²) in [5.74, 6) is 0.212. The van der Waals surface area contributed by atoms with Crippen molar-refractivity contribution in [2.75, 3.05) is 6.61 Å². The van der Waals surface area contributed by atoms with E-state index in [-0.39, 0.29) is 6.61 Å². The lowest BCUT2D eigenvalue weighted by atomic mass is 10.2. The molecule has 1 amide bonds. The fraction of sp³-hybridized carbons (Fsp3) is 0.308. The van der Waals surface area contributed by atoms with Crippen molar-refractivity contribution < 1.29 is 14.6 Å². The van der Waals surface area contributed by atoms with Gasteiger partial charge < -0.3 is 15.6 Å². The summed E-state index contributed by atoms with van der Waals surface area (Å²) < 4.78 is 6.37. The number of aliphatic hydroxyl groups is 1. The highest BCUT2D eigenvalue weighted by Gasteiger charge is 2.05. The zero-order valence-corrected chi connectivity index (χ0v) is 11.7. The van der Waals surface area contributed by atoms with Crippen LogP contribution >= 0.6 is 15.9 Å². The van der Waals surface area contributed by atoms with Crippen molar-refractivity contribution in [3.05, 3.63) is 40.4 Å². The van der Waals surface area contributed by atoms with Crippen molar-refractivity contribution in [2.24, 2.45) is 5.73 Å². The van der Waals surface area contributed by atoms with Crippen LogP contribution in [0.3, 0.4) is 0 Å². The second-order valence-corrected chi connectivity index (χ2v) is 4.82. The molecule has 0 bridgehead atoms. The van der Waals surface area contributed by atoms with Crippen molar-refractivity contribution >= 4 is 21.8 Å². The number of hydrogen-bond acceptors (Lipinski definition) is 3. The molecule has 0 saturated carbocycles. The highest BCUT2D eigenvalue weighted by molar-refractivity contribution is 9.10. The van der Waals surface area contributed by atoms with Gasteiger partial charge in [0.25, 0.3) is 0 Å². The SMILES string of the molecule is CC(=CCC(O)COc1ccc(Br)cc1)C(N)=O. The van der Waals surface area contributed by atoms with Gasteiger partial charge in [0.1, 0.15) is 12.4 Å². The fourth-order valence-electron chi connectivity index (χ4n) is 1.20. The van der Waals surface area contributed by atoms with Crippen LogP contribution < -0.4 is 10.5 Å². The van der Waals surface area contributed by atoms with Gasteiger partial charge in [0.15, 0.2) is 0 Å². The number of benzene rings is 1. The average molecular weight is 314 g/mol. The molecule has 0 heterocycles. The average Bonchev–Trinajstić information content (AvgIpc) is 2.35. The van der Waals surface area contributed by atoms with Crippen LogP contribution in [-0.4, -0.2) is 23.7 Å². The summed E-state index contributed by atoms with van der Waals surface area (Å²) in [6.45, 7) is 1.79. The van der Waals surface area contributed by atoms with Crippen molar-refractivity contribution in [2.45, 2.75) is 19.4 Å². The molecular formula is C13H16BrNO3. The summed E-state index contributed by atoms with van der Waals surface area (Å²) in [5, 5.41) is 9.66. The van der Waals surface area contributed by atoms with Gasteiger partial charge in [0, 0.05) is 10.0 Å². The van der Waals surface area contributed by atoms with Crippen LogP contribution in [0.25, 0.3) is 0 Å². The van der Waals surface area contributed by atoms with Crippen LogP contribution in [0.5, 0.6) is 5.75 Å². The number of carbonyl (C=O) groups excluding carboxylic acids is 1. The molecule has 0 aliphatic rings. The van der Waals surface area contributed by atoms with E-state index in [1.807, 2.05) is 12.1 Å². The van der Waals surface area contributed by atoms with Gasteiger partial charge >= 0.3 is 0 Å². The Labute approximate surface area is 115 Å². The second kappa shape index (κ2) is 7.18. The van der Waals surface area contributed by atoms with Crippen LogP contribution in [0, 0.1) is 0 Å². The Balaban J connectivity index is 2.37. The number of carbonyl (C=O) groups is 1. The number of aliphatic hydroxyl groups excluding tert-OH is 1. The summed E-state index contributed by atoms with van der Waals surface area (Å²) in [6, 6.07) is 7.33. The van der Waals surface area contributed by atoms with Gasteiger partial charge in [0.05, 0.1) is 6.10 Å². The van der Waals surface area contributed by atoms with Crippen molar-refractivity contribution in [3.63, 3.8) is 0 Å². The maximum absolute atomic E-state index is 10.8. The monoisotopic (exact) mass is 313 g/mol. The first-order valence-electron chi connectivity index (χ1n) is 5.52. The topological polar surface area (TPSA) is 72.6 Å². The fourth-order valence-corrected chi connectivity index (χ4v) is 1.47. The van der Waals surface area contributed by atoms with Crippen LogP contribution in [0.4, 0.5) is 0 Å². The van der Waals surface area contributed by atoms with Gasteiger partial charge in [-0.1, -0.05) is 22.0 Å². The predicted molar refractivity (Wildman–Crippen MR) is 73.2 cm³/mol. The van der Waals surface area contributed by atoms with E-state index in [1.165, 1.54) is 0 Å². The Hall–Kier alpha value is -1.33. The lowest BCUT2D eigenvalue weighted by molar-refractivity contribution is -0.114. The Morgan fingerprint density at radius 2 is 2.11 bits per heavy atom. The number of nitrogens with two attached hydrogens (primary N) is 1. The highest BCUT2D eigenvalue weighted by atomic mass is 79.9. The number of halogens is 1. The molecular weight excluding hydrogens is 298 g/mol. The van der Waals surface area contributed by atoms with E-state index in [1.54, 1.807) is 25.1 Å². The summed E-state index contributed by atoms with van der Waals surface area (Å²) in [4.78, 5) is 10.8. The summed E-state index contributed by atoms with van der Waals surface area (Å²) >= 11 is 3.32. The second-order valence-electron chi connectivity index (χ2n) is 3.91. The third-order valence-corrected chi connectivity index (χ3v) is 2.87. The molecule has 98 valence electrons. The number of hydrogen-bond donors (Lipinski definition) is 2. The maximum atomic E-state index is 10.8. The zero-order valence-electron chi connectivity index (χ0n) is 10.1. The maximum Gasteiger partial charge on any atom is 0.244 e. The molecule has 0 saturated heterocycles. The van der Waals surface area contributed by atoms with E-state index in [0.29, 0.717) is 17.7 Å². The van der Waals surface area contributed by atoms with Gasteiger partial charge in [-0.2, -0.15) is 0 Å². The molecule has 1 aromatic carbocycles. The first-order chi connectivity index (χ1) is 8.49. The Morgan fingerprint density at radius 1 is 1.50 bits per heavy atom. The third-order valence-electron chi connectivity index (χ3n) is 2.34. The molecule has 0 fully saturated rings. The lowest BCUT2D eigenvalue weighted by Gasteiger charge is -2.10. The molecule has 0 aliphatic carbocycles. The molecule has 5 heteroatoms. The molecule has 18 heavy (non-hydrogen) atoms. The first kappa shape index (κ1) is 14.7. The normalized spacial score (nSPS) is 13.2. The number of ether oxygens (including phenoxy) is 1. The molecule has 4 nitrogen and oxygen atoms in total. The Morgan fingerprint density at radius 3 is 2.67 bits per heavy atom. The predicted octanol–water partition coefficient (Wildman–Crippen LogP) is 2.01. The summed E-state index contributed by atoms with van der Waals surface area (Å²) in [7, 11) is 0. The molecule has 1 rings (SSSR count). The quantitative estimate of drug-likeness (QED) is 0.789. The van der Waals surface area contributed by atoms with E-state index in [2.05, 4.69) is 15.9 Å². The van der Waals surface area contributed by atoms with Crippen molar-refractivity contribution in [1.82, 2.24) is 0 Å². The van der Waals surface area contributed by atoms with Gasteiger partial charge in [-0.05, 0) is 37.6 Å². The third kappa shape index (κ3) is 5.33. The van der Waals surface area contributed by atoms with E-state index in [4.69, 9.17) is 10.5 Å². The van der Waals surface area contributed by atoms with Crippen LogP contribution in [0.15, 0.2) is 40.4 Å². The molecule has 0 radical (unpaired) electrons. The molecule has 1 unspecified atom stereocenters. The summed E-state index contributed by atoms with van der Waals surface area (Å²) in [6.07, 6.45) is 1.28. The number of rotatable bonds is 6.